The molecule has 0 spiro atoms. The van der Waals surface area contributed by atoms with Gasteiger partial charge in [-0.15, -0.1) is 0 Å². The minimum atomic E-state index is -0.646. The molecule has 1 aliphatic carbocycles. The number of nitrogens with two attached hydrogens (primary N) is 1. The molecular formula is C18H20N2O2. The van der Waals surface area contributed by atoms with E-state index in [1.807, 2.05) is 55.5 Å². The monoisotopic (exact) mass is 296 g/mol. The van der Waals surface area contributed by atoms with E-state index >= 15 is 0 Å². The van der Waals surface area contributed by atoms with Crippen molar-refractivity contribution in [2.45, 2.75) is 31.8 Å². The van der Waals surface area contributed by atoms with E-state index in [1.54, 1.807) is 0 Å². The highest BCUT2D eigenvalue weighted by Crippen LogP contribution is 2.32. The second-order valence-electron chi connectivity index (χ2n) is 5.87. The first-order valence-corrected chi connectivity index (χ1v) is 7.46. The molecule has 3 N–H and O–H groups in total. The van der Waals surface area contributed by atoms with Crippen LogP contribution in [0.2, 0.25) is 0 Å². The van der Waals surface area contributed by atoms with Crippen molar-refractivity contribution in [2.75, 3.05) is 0 Å². The zero-order valence-corrected chi connectivity index (χ0v) is 12.6. The van der Waals surface area contributed by atoms with Crippen molar-refractivity contribution in [3.05, 3.63) is 59.7 Å². The molecule has 4 nitrogen and oxygen atoms in total. The maximum Gasteiger partial charge on any atom is 0.240 e. The number of amides is 1. The lowest BCUT2D eigenvalue weighted by atomic mass is 10.2. The molecule has 0 heterocycles. The second kappa shape index (κ2) is 5.81. The van der Waals surface area contributed by atoms with Crippen LogP contribution in [0.25, 0.3) is 0 Å². The van der Waals surface area contributed by atoms with Gasteiger partial charge in [-0.1, -0.05) is 30.3 Å². The van der Waals surface area contributed by atoms with E-state index < -0.39 is 5.54 Å². The lowest BCUT2D eigenvalue weighted by Crippen LogP contribution is -2.42. The van der Waals surface area contributed by atoms with Crippen LogP contribution in [0.4, 0.5) is 0 Å². The van der Waals surface area contributed by atoms with Crippen molar-refractivity contribution in [3.8, 4) is 11.5 Å². The summed E-state index contributed by atoms with van der Waals surface area (Å²) in [5.41, 5.74) is 7.32. The first-order chi connectivity index (χ1) is 10.6. The van der Waals surface area contributed by atoms with E-state index in [4.69, 9.17) is 10.5 Å². The first kappa shape index (κ1) is 14.6. The quantitative estimate of drug-likeness (QED) is 0.891. The van der Waals surface area contributed by atoms with Gasteiger partial charge in [0.25, 0.3) is 0 Å². The van der Waals surface area contributed by atoms with Gasteiger partial charge in [-0.3, -0.25) is 4.79 Å². The van der Waals surface area contributed by atoms with Crippen molar-refractivity contribution in [2.24, 2.45) is 5.73 Å². The molecule has 0 unspecified atom stereocenters. The van der Waals surface area contributed by atoms with E-state index in [2.05, 4.69) is 5.32 Å². The van der Waals surface area contributed by atoms with Gasteiger partial charge in [0.15, 0.2) is 0 Å². The molecule has 0 bridgehead atoms. The molecule has 22 heavy (non-hydrogen) atoms. The molecule has 0 radical (unpaired) electrons. The Bertz CT molecular complexity index is 693. The Balaban J connectivity index is 1.71. The number of carbonyl (C=O) groups is 1. The molecule has 114 valence electrons. The van der Waals surface area contributed by atoms with Gasteiger partial charge in [0, 0.05) is 12.1 Å². The number of para-hydroxylation sites is 1. The van der Waals surface area contributed by atoms with Crippen molar-refractivity contribution in [3.63, 3.8) is 0 Å². The third kappa shape index (κ3) is 3.28. The number of hydrogen-bond donors (Lipinski definition) is 2. The average molecular weight is 296 g/mol. The third-order valence-electron chi connectivity index (χ3n) is 3.87. The molecular weight excluding hydrogens is 276 g/mol. The maximum atomic E-state index is 11.9. The minimum absolute atomic E-state index is 0.0853. The standard InChI is InChI=1S/C18H20N2O2/c1-13-5-4-7-15(11-13)22-16-8-3-2-6-14(16)12-20-17(21)18(19)9-10-18/h2-8,11H,9-10,12,19H2,1H3,(H,20,21). The zero-order valence-electron chi connectivity index (χ0n) is 12.6. The number of aryl methyl sites for hydroxylation is 1. The van der Waals surface area contributed by atoms with Crippen LogP contribution in [-0.2, 0) is 11.3 Å². The number of carbonyl (C=O) groups excluding carboxylic acids is 1. The molecule has 1 aliphatic rings. The Labute approximate surface area is 130 Å². The Kier molecular flexibility index (Phi) is 3.86. The van der Waals surface area contributed by atoms with E-state index in [-0.39, 0.29) is 5.91 Å². The summed E-state index contributed by atoms with van der Waals surface area (Å²) in [4.78, 5) is 11.9. The largest absolute Gasteiger partial charge is 0.457 e. The normalized spacial score (nSPS) is 15.2. The molecule has 1 saturated carbocycles. The number of benzene rings is 2. The van der Waals surface area contributed by atoms with Gasteiger partial charge in [-0.2, -0.15) is 0 Å². The summed E-state index contributed by atoms with van der Waals surface area (Å²) in [6.07, 6.45) is 1.53. The number of rotatable bonds is 5. The summed E-state index contributed by atoms with van der Waals surface area (Å²) in [5, 5.41) is 2.90. The van der Waals surface area contributed by atoms with E-state index in [9.17, 15) is 4.79 Å². The molecule has 1 fully saturated rings. The van der Waals surface area contributed by atoms with Gasteiger partial charge < -0.3 is 15.8 Å². The second-order valence-corrected chi connectivity index (χ2v) is 5.87. The highest BCUT2D eigenvalue weighted by Gasteiger charge is 2.45. The smallest absolute Gasteiger partial charge is 0.240 e. The fraction of sp³-hybridized carbons (Fsp3) is 0.278. The highest BCUT2D eigenvalue weighted by atomic mass is 16.5. The van der Waals surface area contributed by atoms with Crippen LogP contribution in [-0.4, -0.2) is 11.4 Å². The fourth-order valence-electron chi connectivity index (χ4n) is 2.27. The lowest BCUT2D eigenvalue weighted by Gasteiger charge is -2.14. The van der Waals surface area contributed by atoms with Crippen LogP contribution < -0.4 is 15.8 Å². The van der Waals surface area contributed by atoms with Crippen LogP contribution in [0.15, 0.2) is 48.5 Å². The Morgan fingerprint density at radius 2 is 2.00 bits per heavy atom. The molecule has 1 amide bonds. The van der Waals surface area contributed by atoms with Gasteiger partial charge in [-0.05, 0) is 43.5 Å². The molecule has 0 aromatic heterocycles. The fourth-order valence-corrected chi connectivity index (χ4v) is 2.27. The van der Waals surface area contributed by atoms with E-state index in [1.165, 1.54) is 0 Å². The Hall–Kier alpha value is -2.33. The van der Waals surface area contributed by atoms with Gasteiger partial charge in [0.1, 0.15) is 11.5 Å². The van der Waals surface area contributed by atoms with Crippen molar-refractivity contribution >= 4 is 5.91 Å². The highest BCUT2D eigenvalue weighted by molar-refractivity contribution is 5.88. The summed E-state index contributed by atoms with van der Waals surface area (Å²) < 4.78 is 5.94. The Morgan fingerprint density at radius 3 is 2.73 bits per heavy atom. The molecule has 0 atom stereocenters. The Morgan fingerprint density at radius 1 is 1.23 bits per heavy atom. The molecule has 0 saturated heterocycles. The van der Waals surface area contributed by atoms with Crippen LogP contribution in [0.3, 0.4) is 0 Å². The minimum Gasteiger partial charge on any atom is -0.457 e. The third-order valence-corrected chi connectivity index (χ3v) is 3.87. The SMILES string of the molecule is Cc1cccc(Oc2ccccc2CNC(=O)C2(N)CC2)c1. The van der Waals surface area contributed by atoms with Gasteiger partial charge in [0.05, 0.1) is 5.54 Å². The van der Waals surface area contributed by atoms with Crippen LogP contribution >= 0.6 is 0 Å². The van der Waals surface area contributed by atoms with Gasteiger partial charge in [0.2, 0.25) is 5.91 Å². The summed E-state index contributed by atoms with van der Waals surface area (Å²) in [6.45, 7) is 2.44. The van der Waals surface area contributed by atoms with Crippen molar-refractivity contribution in [1.82, 2.24) is 5.32 Å². The molecule has 2 aromatic rings. The maximum absolute atomic E-state index is 11.9. The van der Waals surface area contributed by atoms with Crippen molar-refractivity contribution < 1.29 is 9.53 Å². The molecule has 0 aliphatic heterocycles. The van der Waals surface area contributed by atoms with Gasteiger partial charge >= 0.3 is 0 Å². The average Bonchev–Trinajstić information content (AvgIpc) is 3.25. The van der Waals surface area contributed by atoms with E-state index in [0.717, 1.165) is 35.5 Å². The number of hydrogen-bond acceptors (Lipinski definition) is 3. The summed E-state index contributed by atoms with van der Waals surface area (Å²) in [5.74, 6) is 1.45. The summed E-state index contributed by atoms with van der Waals surface area (Å²) >= 11 is 0. The molecule has 3 rings (SSSR count). The molecule has 2 aromatic carbocycles. The van der Waals surface area contributed by atoms with Crippen LogP contribution in [0.5, 0.6) is 11.5 Å². The lowest BCUT2D eigenvalue weighted by molar-refractivity contribution is -0.123. The first-order valence-electron chi connectivity index (χ1n) is 7.46. The predicted octanol–water partition coefficient (Wildman–Crippen LogP) is 2.89. The molecule has 4 heteroatoms. The summed E-state index contributed by atoms with van der Waals surface area (Å²) in [7, 11) is 0. The topological polar surface area (TPSA) is 64.3 Å². The number of ether oxygens (including phenoxy) is 1. The van der Waals surface area contributed by atoms with E-state index in [0.29, 0.717) is 6.54 Å². The van der Waals surface area contributed by atoms with Crippen LogP contribution in [0, 0.1) is 6.92 Å². The summed E-state index contributed by atoms with van der Waals surface area (Å²) in [6, 6.07) is 15.6. The number of nitrogens with one attached hydrogen (secondary N) is 1. The van der Waals surface area contributed by atoms with Crippen molar-refractivity contribution in [1.29, 1.82) is 0 Å². The zero-order chi connectivity index (χ0) is 15.6. The predicted molar refractivity (Wildman–Crippen MR) is 85.7 cm³/mol. The van der Waals surface area contributed by atoms with Gasteiger partial charge in [-0.25, -0.2) is 0 Å². The van der Waals surface area contributed by atoms with Crippen LogP contribution in [0.1, 0.15) is 24.0 Å².